The zero-order chi connectivity index (χ0) is 26.6. The van der Waals surface area contributed by atoms with E-state index in [-0.39, 0.29) is 17.3 Å². The van der Waals surface area contributed by atoms with Gasteiger partial charge in [0.05, 0.1) is 30.0 Å². The number of carboxylic acid groups (broad SMARTS) is 1. The van der Waals surface area contributed by atoms with Crippen LogP contribution < -0.4 is 15.0 Å². The fraction of sp³-hybridized carbons (Fsp3) is 0.241. The number of hydrogen-bond acceptors (Lipinski definition) is 6. The maximum Gasteiger partial charge on any atom is 0.335 e. The van der Waals surface area contributed by atoms with Crippen LogP contribution in [-0.2, 0) is 11.2 Å². The first-order valence-electron chi connectivity index (χ1n) is 12.3. The molecular formula is C29H27FN2O6. The summed E-state index contributed by atoms with van der Waals surface area (Å²) < 4.78 is 31.7. The number of nitrogens with one attached hydrogen (secondary N) is 1. The minimum absolute atomic E-state index is 0.190. The molecule has 1 saturated heterocycles. The minimum Gasteiger partial charge on any atom is -0.483 e. The second-order valence-corrected chi connectivity index (χ2v) is 9.01. The second kappa shape index (κ2) is 10.9. The van der Waals surface area contributed by atoms with E-state index in [1.165, 1.54) is 18.4 Å². The lowest BCUT2D eigenvalue weighted by molar-refractivity contribution is 0.0696. The van der Waals surface area contributed by atoms with Gasteiger partial charge >= 0.3 is 5.97 Å². The summed E-state index contributed by atoms with van der Waals surface area (Å²) in [5.74, 6) is -1.09. The van der Waals surface area contributed by atoms with Crippen molar-refractivity contribution >= 4 is 28.5 Å². The molecule has 1 unspecified atom stereocenters. The van der Waals surface area contributed by atoms with Crippen molar-refractivity contribution in [1.29, 1.82) is 0 Å². The highest BCUT2D eigenvalue weighted by atomic mass is 19.1. The van der Waals surface area contributed by atoms with Gasteiger partial charge in [-0.3, -0.25) is 4.79 Å². The highest BCUT2D eigenvalue weighted by molar-refractivity contribution is 6.07. The number of furan rings is 1. The van der Waals surface area contributed by atoms with Crippen LogP contribution in [0.5, 0.6) is 5.75 Å². The summed E-state index contributed by atoms with van der Waals surface area (Å²) in [6.45, 7) is 2.44. The fourth-order valence-electron chi connectivity index (χ4n) is 4.56. The number of fused-ring (bicyclic) bond motifs is 1. The first-order chi connectivity index (χ1) is 18.4. The van der Waals surface area contributed by atoms with Crippen LogP contribution in [0.2, 0.25) is 0 Å². The number of nitrogens with zero attached hydrogens (tertiary/aromatic N) is 1. The standard InChI is InChI=1S/C29H27FN2O6/c1-31-28(33)23-17-37-26-16-24(32-10-12-36-13-11-32)27(15-22(23)26)38-25(19-6-8-21(30)9-7-19)14-18-2-4-20(5-3-18)29(34)35/h2-9,15-17,25H,10-14H2,1H3,(H,31,33)(H,34,35). The smallest absolute Gasteiger partial charge is 0.335 e. The molecule has 1 atom stereocenters. The maximum atomic E-state index is 13.8. The van der Waals surface area contributed by atoms with E-state index in [1.807, 2.05) is 6.07 Å². The number of aromatic carboxylic acids is 1. The molecular weight excluding hydrogens is 491 g/mol. The monoisotopic (exact) mass is 518 g/mol. The Bertz CT molecular complexity index is 1440. The quantitative estimate of drug-likeness (QED) is 0.345. The lowest BCUT2D eigenvalue weighted by Crippen LogP contribution is -2.36. The van der Waals surface area contributed by atoms with Crippen LogP contribution >= 0.6 is 0 Å². The molecule has 1 aromatic heterocycles. The molecule has 0 bridgehead atoms. The molecule has 1 aliphatic heterocycles. The summed E-state index contributed by atoms with van der Waals surface area (Å²) in [4.78, 5) is 25.9. The van der Waals surface area contributed by atoms with Crippen molar-refractivity contribution in [3.05, 3.63) is 95.0 Å². The van der Waals surface area contributed by atoms with Crippen LogP contribution in [0.3, 0.4) is 0 Å². The molecule has 4 aromatic rings. The van der Waals surface area contributed by atoms with Crippen LogP contribution in [0.25, 0.3) is 11.0 Å². The van der Waals surface area contributed by atoms with Gasteiger partial charge in [-0.25, -0.2) is 9.18 Å². The summed E-state index contributed by atoms with van der Waals surface area (Å²) >= 11 is 0. The Balaban J connectivity index is 1.57. The largest absolute Gasteiger partial charge is 0.483 e. The molecule has 0 radical (unpaired) electrons. The lowest BCUT2D eigenvalue weighted by Gasteiger charge is -2.31. The molecule has 9 heteroatoms. The van der Waals surface area contributed by atoms with Gasteiger partial charge in [0.2, 0.25) is 0 Å². The van der Waals surface area contributed by atoms with Crippen molar-refractivity contribution < 1.29 is 33.0 Å². The Morgan fingerprint density at radius 1 is 1.08 bits per heavy atom. The molecule has 5 rings (SSSR count). The van der Waals surface area contributed by atoms with Gasteiger partial charge in [-0.1, -0.05) is 24.3 Å². The molecule has 8 nitrogen and oxygen atoms in total. The predicted octanol–water partition coefficient (Wildman–Crippen LogP) is 4.83. The molecule has 2 N–H and O–H groups in total. The number of carbonyl (C=O) groups is 2. The Morgan fingerprint density at radius 3 is 2.45 bits per heavy atom. The van der Waals surface area contributed by atoms with Gasteiger partial charge in [-0.2, -0.15) is 0 Å². The maximum absolute atomic E-state index is 13.8. The molecule has 1 aliphatic rings. The van der Waals surface area contributed by atoms with Gasteiger partial charge in [-0.15, -0.1) is 0 Å². The number of ether oxygens (including phenoxy) is 2. The third-order valence-corrected chi connectivity index (χ3v) is 6.61. The van der Waals surface area contributed by atoms with E-state index < -0.39 is 12.1 Å². The van der Waals surface area contributed by atoms with Crippen LogP contribution in [0, 0.1) is 5.82 Å². The minimum atomic E-state index is -1.00. The van der Waals surface area contributed by atoms with E-state index in [0.717, 1.165) is 16.8 Å². The van der Waals surface area contributed by atoms with Gasteiger partial charge in [0.25, 0.3) is 5.91 Å². The summed E-state index contributed by atoms with van der Waals surface area (Å²) in [7, 11) is 1.56. The number of morpholine rings is 1. The third-order valence-electron chi connectivity index (χ3n) is 6.61. The Labute approximate surface area is 218 Å². The van der Waals surface area contributed by atoms with Crippen molar-refractivity contribution in [2.45, 2.75) is 12.5 Å². The molecule has 0 saturated carbocycles. The first-order valence-corrected chi connectivity index (χ1v) is 12.3. The van der Waals surface area contributed by atoms with Crippen molar-refractivity contribution in [2.75, 3.05) is 38.3 Å². The number of benzene rings is 3. The summed E-state index contributed by atoms with van der Waals surface area (Å²) in [5, 5.41) is 12.5. The van der Waals surface area contributed by atoms with Gasteiger partial charge in [0.1, 0.15) is 29.5 Å². The number of amides is 1. The number of rotatable bonds is 8. The molecule has 0 spiro atoms. The average molecular weight is 519 g/mol. The zero-order valence-corrected chi connectivity index (χ0v) is 20.8. The van der Waals surface area contributed by atoms with Gasteiger partial charge in [-0.05, 0) is 41.5 Å². The third kappa shape index (κ3) is 5.33. The van der Waals surface area contributed by atoms with Crippen molar-refractivity contribution in [1.82, 2.24) is 5.32 Å². The lowest BCUT2D eigenvalue weighted by atomic mass is 10.00. The number of anilines is 1. The predicted molar refractivity (Wildman–Crippen MR) is 140 cm³/mol. The van der Waals surface area contributed by atoms with E-state index in [1.54, 1.807) is 49.5 Å². The van der Waals surface area contributed by atoms with E-state index in [4.69, 9.17) is 13.9 Å². The van der Waals surface area contributed by atoms with Crippen LogP contribution in [0.15, 0.2) is 71.3 Å². The zero-order valence-electron chi connectivity index (χ0n) is 20.8. The van der Waals surface area contributed by atoms with Gasteiger partial charge in [0.15, 0.2) is 0 Å². The first kappa shape index (κ1) is 25.3. The average Bonchev–Trinajstić information content (AvgIpc) is 3.36. The summed E-state index contributed by atoms with van der Waals surface area (Å²) in [5.41, 5.74) is 3.54. The van der Waals surface area contributed by atoms with Gasteiger partial charge < -0.3 is 29.2 Å². The second-order valence-electron chi connectivity index (χ2n) is 9.01. The Kier molecular flexibility index (Phi) is 7.28. The Hall–Kier alpha value is -4.37. The molecule has 3 aromatic carbocycles. The number of halogens is 1. The number of hydrogen-bond donors (Lipinski definition) is 2. The van der Waals surface area contributed by atoms with Crippen LogP contribution in [-0.4, -0.2) is 50.3 Å². The van der Waals surface area contributed by atoms with E-state index in [2.05, 4.69) is 10.2 Å². The van der Waals surface area contributed by atoms with Gasteiger partial charge in [0, 0.05) is 38.0 Å². The SMILES string of the molecule is CNC(=O)c1coc2cc(N3CCOCC3)c(OC(Cc3ccc(C(=O)O)cc3)c3ccc(F)cc3)cc12. The van der Waals surface area contributed by atoms with Crippen molar-refractivity contribution in [3.8, 4) is 5.75 Å². The highest BCUT2D eigenvalue weighted by Gasteiger charge is 2.24. The molecule has 1 fully saturated rings. The van der Waals surface area contributed by atoms with E-state index >= 15 is 0 Å². The molecule has 2 heterocycles. The molecule has 196 valence electrons. The molecule has 38 heavy (non-hydrogen) atoms. The Morgan fingerprint density at radius 2 is 1.79 bits per heavy atom. The fourth-order valence-corrected chi connectivity index (χ4v) is 4.56. The molecule has 0 aliphatic carbocycles. The van der Waals surface area contributed by atoms with Crippen LogP contribution in [0.1, 0.15) is 37.9 Å². The van der Waals surface area contributed by atoms with Crippen LogP contribution in [0.4, 0.5) is 10.1 Å². The highest BCUT2D eigenvalue weighted by Crippen LogP contribution is 2.39. The summed E-state index contributed by atoms with van der Waals surface area (Å²) in [6.07, 6.45) is 1.30. The summed E-state index contributed by atoms with van der Waals surface area (Å²) in [6, 6.07) is 16.4. The van der Waals surface area contributed by atoms with Crippen molar-refractivity contribution in [3.63, 3.8) is 0 Å². The van der Waals surface area contributed by atoms with E-state index in [0.29, 0.717) is 55.0 Å². The molecule has 1 amide bonds. The number of carbonyl (C=O) groups excluding carboxylic acids is 1. The normalized spacial score (nSPS) is 14.3. The van der Waals surface area contributed by atoms with Crippen molar-refractivity contribution in [2.24, 2.45) is 0 Å². The van der Waals surface area contributed by atoms with E-state index in [9.17, 15) is 19.1 Å². The topological polar surface area (TPSA) is 101 Å². The number of carboxylic acids is 1.